The summed E-state index contributed by atoms with van der Waals surface area (Å²) in [7, 11) is -2.41. The predicted octanol–water partition coefficient (Wildman–Crippen LogP) is 2.19. The van der Waals surface area contributed by atoms with Crippen LogP contribution in [-0.2, 0) is 10.0 Å². The van der Waals surface area contributed by atoms with Gasteiger partial charge in [-0.3, -0.25) is 20.4 Å². The molecule has 0 atom stereocenters. The van der Waals surface area contributed by atoms with Crippen molar-refractivity contribution in [3.8, 4) is 5.75 Å². The Morgan fingerprint density at radius 1 is 1.07 bits per heavy atom. The monoisotopic (exact) mass is 441 g/mol. The molecule has 2 amide bonds. The SMILES string of the molecule is COc1cc(Cl)ccc1C(=O)NNC(=O)c1ccc(S(=O)(=O)N2CCCCC2)o1. The van der Waals surface area contributed by atoms with Gasteiger partial charge in [-0.1, -0.05) is 18.0 Å². The number of sulfonamides is 1. The number of nitrogens with zero attached hydrogens (tertiary/aromatic N) is 1. The van der Waals surface area contributed by atoms with Crippen molar-refractivity contribution in [2.75, 3.05) is 20.2 Å². The van der Waals surface area contributed by atoms with E-state index in [4.69, 9.17) is 20.8 Å². The van der Waals surface area contributed by atoms with Gasteiger partial charge in [-0.05, 0) is 43.2 Å². The Morgan fingerprint density at radius 2 is 1.76 bits per heavy atom. The molecular formula is C18H20ClN3O6S. The van der Waals surface area contributed by atoms with Crippen LogP contribution in [0.1, 0.15) is 40.2 Å². The summed E-state index contributed by atoms with van der Waals surface area (Å²) in [6.45, 7) is 0.840. The average Bonchev–Trinajstić information content (AvgIpc) is 3.23. The number of carbonyl (C=O) groups is 2. The molecule has 1 saturated heterocycles. The number of methoxy groups -OCH3 is 1. The Kier molecular flexibility index (Phi) is 6.46. The average molecular weight is 442 g/mol. The third-order valence-corrected chi connectivity index (χ3v) is 6.42. The molecule has 1 fully saturated rings. The molecule has 2 aromatic rings. The second kappa shape index (κ2) is 8.85. The van der Waals surface area contributed by atoms with Crippen LogP contribution in [0.3, 0.4) is 0 Å². The molecule has 2 heterocycles. The molecule has 1 aromatic heterocycles. The van der Waals surface area contributed by atoms with Crippen molar-refractivity contribution < 1.29 is 27.2 Å². The van der Waals surface area contributed by atoms with E-state index in [1.54, 1.807) is 0 Å². The van der Waals surface area contributed by atoms with Crippen molar-refractivity contribution in [3.05, 3.63) is 46.7 Å². The maximum atomic E-state index is 12.6. The lowest BCUT2D eigenvalue weighted by molar-refractivity contribution is 0.0826. The van der Waals surface area contributed by atoms with Gasteiger partial charge in [0.25, 0.3) is 15.9 Å². The Hall–Kier alpha value is -2.56. The van der Waals surface area contributed by atoms with Gasteiger partial charge in [0.15, 0.2) is 5.76 Å². The largest absolute Gasteiger partial charge is 0.496 e. The van der Waals surface area contributed by atoms with Crippen LogP contribution in [0.25, 0.3) is 0 Å². The Balaban J connectivity index is 1.65. The highest BCUT2D eigenvalue weighted by Crippen LogP contribution is 2.24. The first-order valence-electron chi connectivity index (χ1n) is 8.87. The van der Waals surface area contributed by atoms with Crippen LogP contribution >= 0.6 is 11.6 Å². The molecule has 9 nitrogen and oxygen atoms in total. The first-order chi connectivity index (χ1) is 13.8. The van der Waals surface area contributed by atoms with Crippen LogP contribution in [-0.4, -0.2) is 44.7 Å². The molecule has 0 radical (unpaired) electrons. The smallest absolute Gasteiger partial charge is 0.305 e. The number of furan rings is 1. The van der Waals surface area contributed by atoms with Gasteiger partial charge < -0.3 is 9.15 Å². The van der Waals surface area contributed by atoms with Crippen molar-refractivity contribution in [2.45, 2.75) is 24.4 Å². The van der Waals surface area contributed by atoms with Gasteiger partial charge in [0.05, 0.1) is 12.7 Å². The zero-order chi connectivity index (χ0) is 21.0. The van der Waals surface area contributed by atoms with Crippen LogP contribution < -0.4 is 15.6 Å². The fourth-order valence-corrected chi connectivity index (χ4v) is 4.50. The number of piperidine rings is 1. The number of halogens is 1. The fourth-order valence-electron chi connectivity index (χ4n) is 2.91. The number of amides is 2. The lowest BCUT2D eigenvalue weighted by atomic mass is 10.2. The first-order valence-corrected chi connectivity index (χ1v) is 10.7. The summed E-state index contributed by atoms with van der Waals surface area (Å²) in [4.78, 5) is 24.5. The van der Waals surface area contributed by atoms with Gasteiger partial charge in [0.1, 0.15) is 5.75 Å². The number of hydrogen-bond donors (Lipinski definition) is 2. The maximum Gasteiger partial charge on any atom is 0.305 e. The predicted molar refractivity (Wildman–Crippen MR) is 104 cm³/mol. The van der Waals surface area contributed by atoms with Gasteiger partial charge in [-0.15, -0.1) is 0 Å². The normalized spacial score (nSPS) is 15.0. The summed E-state index contributed by atoms with van der Waals surface area (Å²) in [5.74, 6) is -1.45. The summed E-state index contributed by atoms with van der Waals surface area (Å²) in [6.07, 6.45) is 2.55. The molecule has 0 bridgehead atoms. The van der Waals surface area contributed by atoms with Crippen LogP contribution in [0.5, 0.6) is 5.75 Å². The zero-order valence-corrected chi connectivity index (χ0v) is 17.2. The molecule has 0 aliphatic carbocycles. The van der Waals surface area contributed by atoms with E-state index in [-0.39, 0.29) is 22.2 Å². The van der Waals surface area contributed by atoms with Crippen LogP contribution in [0.2, 0.25) is 5.02 Å². The molecule has 1 aliphatic rings. The summed E-state index contributed by atoms with van der Waals surface area (Å²) < 4.78 is 36.8. The van der Waals surface area contributed by atoms with Crippen molar-refractivity contribution in [3.63, 3.8) is 0 Å². The van der Waals surface area contributed by atoms with Gasteiger partial charge in [0.2, 0.25) is 5.09 Å². The van der Waals surface area contributed by atoms with Gasteiger partial charge in [-0.2, -0.15) is 4.31 Å². The Morgan fingerprint density at radius 3 is 2.45 bits per heavy atom. The quantitative estimate of drug-likeness (QED) is 0.686. The van der Waals surface area contributed by atoms with E-state index in [0.717, 1.165) is 19.3 Å². The maximum absolute atomic E-state index is 12.6. The third-order valence-electron chi connectivity index (χ3n) is 4.41. The highest BCUT2D eigenvalue weighted by molar-refractivity contribution is 7.89. The molecule has 3 rings (SSSR count). The standard InChI is InChI=1S/C18H20ClN3O6S/c1-27-15-11-12(19)5-6-13(15)17(23)20-21-18(24)14-7-8-16(28-14)29(25,26)22-9-3-2-4-10-22/h5-8,11H,2-4,9-10H2,1H3,(H,20,23)(H,21,24). The van der Waals surface area contributed by atoms with E-state index < -0.39 is 21.8 Å². The third kappa shape index (κ3) is 4.72. The van der Waals surface area contributed by atoms with Crippen LogP contribution in [0, 0.1) is 0 Å². The second-order valence-electron chi connectivity index (χ2n) is 6.34. The fraction of sp³-hybridized carbons (Fsp3) is 0.333. The topological polar surface area (TPSA) is 118 Å². The summed E-state index contributed by atoms with van der Waals surface area (Å²) in [5, 5.41) is 0.0794. The Bertz CT molecular complexity index is 1010. The number of hydrogen-bond acceptors (Lipinski definition) is 6. The summed E-state index contributed by atoms with van der Waals surface area (Å²) in [6, 6.07) is 6.87. The van der Waals surface area contributed by atoms with Crippen molar-refractivity contribution in [1.29, 1.82) is 0 Å². The second-order valence-corrected chi connectivity index (χ2v) is 8.64. The van der Waals surface area contributed by atoms with E-state index in [1.165, 1.54) is 41.7 Å². The molecule has 0 spiro atoms. The highest BCUT2D eigenvalue weighted by Gasteiger charge is 2.29. The van der Waals surface area contributed by atoms with Crippen molar-refractivity contribution >= 4 is 33.4 Å². The lowest BCUT2D eigenvalue weighted by Crippen LogP contribution is -2.41. The van der Waals surface area contributed by atoms with Gasteiger partial charge in [0, 0.05) is 18.1 Å². The molecule has 29 heavy (non-hydrogen) atoms. The van der Waals surface area contributed by atoms with E-state index in [0.29, 0.717) is 18.1 Å². The molecule has 156 valence electrons. The van der Waals surface area contributed by atoms with Gasteiger partial charge in [-0.25, -0.2) is 8.42 Å². The minimum Gasteiger partial charge on any atom is -0.496 e. The minimum absolute atomic E-state index is 0.157. The number of benzene rings is 1. The van der Waals surface area contributed by atoms with Gasteiger partial charge >= 0.3 is 5.91 Å². The molecule has 0 unspecified atom stereocenters. The molecule has 1 aliphatic heterocycles. The van der Waals surface area contributed by atoms with E-state index in [1.807, 2.05) is 0 Å². The highest BCUT2D eigenvalue weighted by atomic mass is 35.5. The molecule has 11 heteroatoms. The van der Waals surface area contributed by atoms with E-state index in [2.05, 4.69) is 10.9 Å². The first kappa shape index (κ1) is 21.2. The molecular weight excluding hydrogens is 422 g/mol. The molecule has 1 aromatic carbocycles. The van der Waals surface area contributed by atoms with Crippen molar-refractivity contribution in [2.24, 2.45) is 0 Å². The number of nitrogens with one attached hydrogen (secondary N) is 2. The van der Waals surface area contributed by atoms with E-state index >= 15 is 0 Å². The number of carbonyl (C=O) groups excluding carboxylic acids is 2. The van der Waals surface area contributed by atoms with Crippen LogP contribution in [0.4, 0.5) is 0 Å². The minimum atomic E-state index is -3.79. The molecule has 2 N–H and O–H groups in total. The zero-order valence-electron chi connectivity index (χ0n) is 15.6. The summed E-state index contributed by atoms with van der Waals surface area (Å²) >= 11 is 5.86. The van der Waals surface area contributed by atoms with E-state index in [9.17, 15) is 18.0 Å². The lowest BCUT2D eigenvalue weighted by Gasteiger charge is -2.24. The number of rotatable bonds is 5. The number of hydrazine groups is 1. The Labute approximate surface area is 173 Å². The summed E-state index contributed by atoms with van der Waals surface area (Å²) in [5.41, 5.74) is 4.56. The van der Waals surface area contributed by atoms with Crippen molar-refractivity contribution in [1.82, 2.24) is 15.2 Å². The molecule has 0 saturated carbocycles. The van der Waals surface area contributed by atoms with Crippen LogP contribution in [0.15, 0.2) is 39.8 Å². The number of ether oxygens (including phenoxy) is 1.